The van der Waals surface area contributed by atoms with Crippen molar-refractivity contribution in [3.05, 3.63) is 23.8 Å². The highest BCUT2D eigenvalue weighted by Gasteiger charge is 2.18. The molecule has 24 heavy (non-hydrogen) atoms. The van der Waals surface area contributed by atoms with E-state index < -0.39 is 15.9 Å². The monoisotopic (exact) mass is 355 g/mol. The molecule has 0 unspecified atom stereocenters. The summed E-state index contributed by atoms with van der Waals surface area (Å²) in [6.07, 6.45) is 0.116. The van der Waals surface area contributed by atoms with Gasteiger partial charge in [-0.2, -0.15) is 5.26 Å². The molecule has 1 N–H and O–H groups in total. The zero-order valence-electron chi connectivity index (χ0n) is 13.9. The lowest BCUT2D eigenvalue weighted by Crippen LogP contribution is -2.36. The Morgan fingerprint density at radius 3 is 2.62 bits per heavy atom. The number of nitrogens with one attached hydrogen (secondary N) is 1. The molecule has 0 saturated heterocycles. The van der Waals surface area contributed by atoms with Crippen LogP contribution in [-0.4, -0.2) is 58.7 Å². The van der Waals surface area contributed by atoms with Gasteiger partial charge in [-0.3, -0.25) is 4.79 Å². The van der Waals surface area contributed by atoms with Crippen molar-refractivity contribution >= 4 is 15.9 Å². The molecule has 0 aliphatic heterocycles. The number of amides is 1. The largest absolute Gasteiger partial charge is 0.497 e. The Morgan fingerprint density at radius 1 is 1.33 bits per heavy atom. The number of ether oxygens (including phenoxy) is 2. The van der Waals surface area contributed by atoms with E-state index in [4.69, 9.17) is 14.7 Å². The average molecular weight is 355 g/mol. The molecule has 0 fully saturated rings. The molecule has 1 aromatic rings. The minimum absolute atomic E-state index is 0.0484. The van der Waals surface area contributed by atoms with Crippen LogP contribution >= 0.6 is 0 Å². The first-order chi connectivity index (χ1) is 11.4. The highest BCUT2D eigenvalue weighted by Crippen LogP contribution is 2.24. The van der Waals surface area contributed by atoms with Crippen LogP contribution in [-0.2, 0) is 10.0 Å². The first-order valence-electron chi connectivity index (χ1n) is 7.17. The van der Waals surface area contributed by atoms with Crippen LogP contribution in [0, 0.1) is 11.3 Å². The molecule has 8 nitrogen and oxygen atoms in total. The topological polar surface area (TPSA) is 109 Å². The molecule has 1 amide bonds. The number of sulfonamides is 1. The van der Waals surface area contributed by atoms with Gasteiger partial charge in [0.1, 0.15) is 11.5 Å². The first kappa shape index (κ1) is 19.7. The molecule has 0 aromatic heterocycles. The molecule has 0 heterocycles. The SMILES string of the molecule is COc1ccc(C(=O)NCCS(=O)(=O)N(C)CCC#N)c(OC)c1. The molecule has 0 spiro atoms. The standard InChI is InChI=1S/C15H21N3O5S/c1-18(9-4-7-16)24(20,21)10-8-17-15(19)13-6-5-12(22-2)11-14(13)23-3/h5-6,11H,4,8-10H2,1-3H3,(H,17,19). The molecule has 9 heteroatoms. The maximum atomic E-state index is 12.2. The maximum Gasteiger partial charge on any atom is 0.255 e. The molecule has 0 aliphatic carbocycles. The third-order valence-electron chi connectivity index (χ3n) is 3.31. The third kappa shape index (κ3) is 5.40. The van der Waals surface area contributed by atoms with Gasteiger partial charge in [0.15, 0.2) is 0 Å². The zero-order chi connectivity index (χ0) is 18.2. The van der Waals surface area contributed by atoms with Gasteiger partial charge in [0.2, 0.25) is 10.0 Å². The van der Waals surface area contributed by atoms with Gasteiger partial charge in [-0.25, -0.2) is 12.7 Å². The van der Waals surface area contributed by atoms with Gasteiger partial charge in [-0.05, 0) is 12.1 Å². The van der Waals surface area contributed by atoms with Crippen LogP contribution in [0.3, 0.4) is 0 Å². The van der Waals surface area contributed by atoms with E-state index in [1.165, 1.54) is 21.3 Å². The number of carbonyl (C=O) groups excluding carboxylic acids is 1. The summed E-state index contributed by atoms with van der Waals surface area (Å²) in [5.74, 6) is 0.189. The minimum Gasteiger partial charge on any atom is -0.497 e. The summed E-state index contributed by atoms with van der Waals surface area (Å²) in [7, 11) is 0.816. The van der Waals surface area contributed by atoms with Crippen LogP contribution in [0.15, 0.2) is 18.2 Å². The first-order valence-corrected chi connectivity index (χ1v) is 8.77. The molecule has 0 bridgehead atoms. The predicted molar refractivity (Wildman–Crippen MR) is 88.5 cm³/mol. The number of hydrogen-bond acceptors (Lipinski definition) is 6. The molecule has 1 rings (SSSR count). The van der Waals surface area contributed by atoms with Crippen LogP contribution in [0.5, 0.6) is 11.5 Å². The van der Waals surface area contributed by atoms with Gasteiger partial charge in [0.25, 0.3) is 5.91 Å². The Bertz CT molecular complexity index is 712. The zero-order valence-corrected chi connectivity index (χ0v) is 14.7. The second-order valence-corrected chi connectivity index (χ2v) is 7.06. The normalized spacial score (nSPS) is 11.0. The van der Waals surface area contributed by atoms with Crippen molar-refractivity contribution in [3.8, 4) is 17.6 Å². The Hall–Kier alpha value is -2.31. The van der Waals surface area contributed by atoms with Crippen molar-refractivity contribution in [3.63, 3.8) is 0 Å². The summed E-state index contributed by atoms with van der Waals surface area (Å²) in [5, 5.41) is 11.0. The third-order valence-corrected chi connectivity index (χ3v) is 5.16. The van der Waals surface area contributed by atoms with Crippen molar-refractivity contribution < 1.29 is 22.7 Å². The molecule has 0 aliphatic rings. The summed E-state index contributed by atoms with van der Waals surface area (Å²) in [4.78, 5) is 12.2. The van der Waals surface area contributed by atoms with E-state index in [9.17, 15) is 13.2 Å². The van der Waals surface area contributed by atoms with E-state index in [0.717, 1.165) is 4.31 Å². The van der Waals surface area contributed by atoms with E-state index in [1.54, 1.807) is 18.2 Å². The summed E-state index contributed by atoms with van der Waals surface area (Å²) < 4.78 is 35.3. The van der Waals surface area contributed by atoms with Gasteiger partial charge in [-0.15, -0.1) is 0 Å². The summed E-state index contributed by atoms with van der Waals surface area (Å²) in [6, 6.07) is 6.62. The molecule has 0 radical (unpaired) electrons. The lowest BCUT2D eigenvalue weighted by Gasteiger charge is -2.16. The minimum atomic E-state index is -3.52. The number of carbonyl (C=O) groups is 1. The van der Waals surface area contributed by atoms with Crippen LogP contribution < -0.4 is 14.8 Å². The maximum absolute atomic E-state index is 12.2. The number of rotatable bonds is 9. The Kier molecular flexibility index (Phi) is 7.48. The molecule has 0 saturated carbocycles. The van der Waals surface area contributed by atoms with Gasteiger partial charge in [0.05, 0.1) is 31.6 Å². The van der Waals surface area contributed by atoms with E-state index in [-0.39, 0.29) is 30.8 Å². The molecule has 132 valence electrons. The Balaban J connectivity index is 2.65. The lowest BCUT2D eigenvalue weighted by atomic mass is 10.2. The van der Waals surface area contributed by atoms with Gasteiger partial charge in [-0.1, -0.05) is 0 Å². The van der Waals surface area contributed by atoms with Crippen LogP contribution in [0.2, 0.25) is 0 Å². The second-order valence-electron chi connectivity index (χ2n) is 4.87. The predicted octanol–water partition coefficient (Wildman–Crippen LogP) is 0.609. The highest BCUT2D eigenvalue weighted by atomic mass is 32.2. The molecular formula is C15H21N3O5S. The summed E-state index contributed by atoms with van der Waals surface area (Å²) >= 11 is 0. The smallest absolute Gasteiger partial charge is 0.255 e. The fourth-order valence-corrected chi connectivity index (χ4v) is 2.92. The van der Waals surface area contributed by atoms with Gasteiger partial charge < -0.3 is 14.8 Å². The van der Waals surface area contributed by atoms with E-state index in [2.05, 4.69) is 5.32 Å². The van der Waals surface area contributed by atoms with E-state index in [0.29, 0.717) is 11.5 Å². The Labute approximate surface area is 142 Å². The summed E-state index contributed by atoms with van der Waals surface area (Å²) in [6.45, 7) is 0.0757. The second kappa shape index (κ2) is 9.10. The van der Waals surface area contributed by atoms with Crippen molar-refractivity contribution in [2.75, 3.05) is 40.1 Å². The van der Waals surface area contributed by atoms with Crippen molar-refractivity contribution in [2.45, 2.75) is 6.42 Å². The average Bonchev–Trinajstić information content (AvgIpc) is 2.58. The summed E-state index contributed by atoms with van der Waals surface area (Å²) in [5.41, 5.74) is 0.286. The Morgan fingerprint density at radius 2 is 2.04 bits per heavy atom. The highest BCUT2D eigenvalue weighted by molar-refractivity contribution is 7.89. The van der Waals surface area contributed by atoms with Gasteiger partial charge >= 0.3 is 0 Å². The molecule has 1 aromatic carbocycles. The molecular weight excluding hydrogens is 334 g/mol. The number of methoxy groups -OCH3 is 2. The van der Waals surface area contributed by atoms with E-state index >= 15 is 0 Å². The quantitative estimate of drug-likeness (QED) is 0.695. The fraction of sp³-hybridized carbons (Fsp3) is 0.467. The van der Waals surface area contributed by atoms with Crippen molar-refractivity contribution in [1.29, 1.82) is 5.26 Å². The lowest BCUT2D eigenvalue weighted by molar-refractivity contribution is 0.0953. The van der Waals surface area contributed by atoms with Crippen LogP contribution in [0.4, 0.5) is 0 Å². The van der Waals surface area contributed by atoms with Crippen LogP contribution in [0.1, 0.15) is 16.8 Å². The van der Waals surface area contributed by atoms with E-state index in [1.807, 2.05) is 6.07 Å². The van der Waals surface area contributed by atoms with Gasteiger partial charge in [0, 0.05) is 32.6 Å². The van der Waals surface area contributed by atoms with Crippen LogP contribution in [0.25, 0.3) is 0 Å². The van der Waals surface area contributed by atoms with Crippen molar-refractivity contribution in [2.24, 2.45) is 0 Å². The molecule has 0 atom stereocenters. The number of nitriles is 1. The fourth-order valence-electron chi connectivity index (χ4n) is 1.88. The number of hydrogen-bond donors (Lipinski definition) is 1. The number of nitrogens with zero attached hydrogens (tertiary/aromatic N) is 2. The number of benzene rings is 1. The van der Waals surface area contributed by atoms with Crippen molar-refractivity contribution in [1.82, 2.24) is 9.62 Å².